The molecule has 1 aliphatic rings. The van der Waals surface area contributed by atoms with Gasteiger partial charge in [0.15, 0.2) is 0 Å². The van der Waals surface area contributed by atoms with Gasteiger partial charge in [-0.2, -0.15) is 0 Å². The molecular weight excluding hydrogens is 447 g/mol. The van der Waals surface area contributed by atoms with Crippen LogP contribution in [0.1, 0.15) is 18.9 Å². The van der Waals surface area contributed by atoms with Gasteiger partial charge in [-0.25, -0.2) is 23.1 Å². The standard InChI is InChI=1S/C24H26F3N5S/c1-15-14-32(10-8-24(15,26)27)23-20(11-17-5-6-18(25)12-21(17)31-23)16(2)30-19-7-9-29-22(13-19)33(3,4)28/h5-7,9,11-13,15H,2-4,8,10,14,28H2,1H3,(H,29,30). The summed E-state index contributed by atoms with van der Waals surface area (Å²) in [6.07, 6.45) is 1.32. The van der Waals surface area contributed by atoms with Gasteiger partial charge in [-0.3, -0.25) is 5.14 Å². The predicted molar refractivity (Wildman–Crippen MR) is 134 cm³/mol. The summed E-state index contributed by atoms with van der Waals surface area (Å²) in [6.45, 7) is 5.95. The third-order valence-corrected chi connectivity index (χ3v) is 6.82. The first-order valence-electron chi connectivity index (χ1n) is 10.4. The summed E-state index contributed by atoms with van der Waals surface area (Å²) in [6, 6.07) is 9.68. The molecule has 9 heteroatoms. The zero-order valence-electron chi connectivity index (χ0n) is 18.3. The number of fused-ring (bicyclic) bond motifs is 1. The lowest BCUT2D eigenvalue weighted by Crippen LogP contribution is -2.46. The normalized spacial score (nSPS) is 18.3. The van der Waals surface area contributed by atoms with E-state index in [0.717, 1.165) is 0 Å². The Labute approximate surface area is 191 Å². The van der Waals surface area contributed by atoms with Gasteiger partial charge in [0.05, 0.1) is 10.5 Å². The molecule has 3 aromatic rings. The molecule has 0 aliphatic carbocycles. The van der Waals surface area contributed by atoms with Gasteiger partial charge < -0.3 is 10.2 Å². The second-order valence-corrected chi connectivity index (χ2v) is 10.8. The highest BCUT2D eigenvalue weighted by atomic mass is 32.2. The third-order valence-electron chi connectivity index (χ3n) is 5.76. The lowest BCUT2D eigenvalue weighted by Gasteiger charge is -2.38. The maximum Gasteiger partial charge on any atom is 0.254 e. The van der Waals surface area contributed by atoms with Gasteiger partial charge in [0.2, 0.25) is 0 Å². The van der Waals surface area contributed by atoms with Crippen LogP contribution in [0.3, 0.4) is 0 Å². The number of alkyl halides is 2. The van der Waals surface area contributed by atoms with E-state index in [9.17, 15) is 13.2 Å². The van der Waals surface area contributed by atoms with Gasteiger partial charge in [0.1, 0.15) is 11.6 Å². The molecule has 0 spiro atoms. The number of pyridine rings is 2. The monoisotopic (exact) mass is 473 g/mol. The molecule has 174 valence electrons. The molecule has 3 heterocycles. The van der Waals surface area contributed by atoms with Crippen LogP contribution >= 0.6 is 9.39 Å². The number of benzene rings is 1. The Morgan fingerprint density at radius 2 is 2.00 bits per heavy atom. The smallest absolute Gasteiger partial charge is 0.254 e. The summed E-state index contributed by atoms with van der Waals surface area (Å²) in [5.74, 6) is 4.25. The zero-order chi connectivity index (χ0) is 24.0. The van der Waals surface area contributed by atoms with Crippen LogP contribution in [0.15, 0.2) is 54.2 Å². The molecule has 2 aromatic heterocycles. The van der Waals surface area contributed by atoms with Gasteiger partial charge in [-0.05, 0) is 30.3 Å². The minimum atomic E-state index is -2.73. The molecule has 0 radical (unpaired) electrons. The van der Waals surface area contributed by atoms with E-state index < -0.39 is 27.0 Å². The van der Waals surface area contributed by atoms with Crippen molar-refractivity contribution in [3.05, 3.63) is 60.6 Å². The molecule has 5 nitrogen and oxygen atoms in total. The number of hydrogen-bond donors (Lipinski definition) is 2. The third kappa shape index (κ3) is 4.84. The summed E-state index contributed by atoms with van der Waals surface area (Å²) in [5, 5.41) is 10.6. The van der Waals surface area contributed by atoms with Crippen molar-refractivity contribution >= 4 is 49.2 Å². The summed E-state index contributed by atoms with van der Waals surface area (Å²) < 4.78 is 42.1. The van der Waals surface area contributed by atoms with Crippen LogP contribution in [0, 0.1) is 11.7 Å². The maximum absolute atomic E-state index is 14.1. The van der Waals surface area contributed by atoms with E-state index in [1.165, 1.54) is 19.1 Å². The van der Waals surface area contributed by atoms with Crippen molar-refractivity contribution in [2.75, 3.05) is 23.3 Å². The summed E-state index contributed by atoms with van der Waals surface area (Å²) in [5.41, 5.74) is 2.28. The quantitative estimate of drug-likeness (QED) is 0.497. The highest BCUT2D eigenvalue weighted by molar-refractivity contribution is 8.25. The highest BCUT2D eigenvalue weighted by Gasteiger charge is 2.41. The Hall–Kier alpha value is -3.04. The van der Waals surface area contributed by atoms with Crippen molar-refractivity contribution in [3.8, 4) is 0 Å². The number of rotatable bonds is 5. The molecule has 33 heavy (non-hydrogen) atoms. The van der Waals surface area contributed by atoms with E-state index in [4.69, 9.17) is 5.14 Å². The van der Waals surface area contributed by atoms with Gasteiger partial charge >= 0.3 is 0 Å². The molecule has 0 saturated carbocycles. The maximum atomic E-state index is 14.1. The summed E-state index contributed by atoms with van der Waals surface area (Å²) in [7, 11) is -2.01. The molecule has 1 aliphatic heterocycles. The highest BCUT2D eigenvalue weighted by Crippen LogP contribution is 2.38. The van der Waals surface area contributed by atoms with E-state index in [1.807, 2.05) is 11.0 Å². The average molecular weight is 474 g/mol. The molecule has 1 unspecified atom stereocenters. The summed E-state index contributed by atoms with van der Waals surface area (Å²) in [4.78, 5) is 10.7. The van der Waals surface area contributed by atoms with Gasteiger partial charge in [-0.15, -0.1) is 9.39 Å². The van der Waals surface area contributed by atoms with Crippen LogP contribution in [0.5, 0.6) is 0 Å². The number of piperidine rings is 1. The molecule has 0 amide bonds. The molecule has 3 N–H and O–H groups in total. The fourth-order valence-corrected chi connectivity index (χ4v) is 4.45. The van der Waals surface area contributed by atoms with Gasteiger partial charge in [0, 0.05) is 60.0 Å². The first-order valence-corrected chi connectivity index (χ1v) is 12.4. The topological polar surface area (TPSA) is 67.1 Å². The first kappa shape index (κ1) is 23.1. The van der Waals surface area contributed by atoms with Crippen LogP contribution in [0.2, 0.25) is 0 Å². The number of hydrogen-bond acceptors (Lipinski definition) is 5. The van der Waals surface area contributed by atoms with Gasteiger partial charge in [0.25, 0.3) is 5.92 Å². The Kier molecular flexibility index (Phi) is 5.88. The van der Waals surface area contributed by atoms with Crippen molar-refractivity contribution in [2.24, 2.45) is 11.1 Å². The van der Waals surface area contributed by atoms with Crippen molar-refractivity contribution in [3.63, 3.8) is 0 Å². The second kappa shape index (κ2) is 8.39. The Bertz CT molecular complexity index is 1340. The van der Waals surface area contributed by atoms with Crippen molar-refractivity contribution in [2.45, 2.75) is 24.3 Å². The minimum absolute atomic E-state index is 0.128. The SMILES string of the molecule is C=C(Nc1ccnc(S(=C)(=C)N)c1)c1cc2ccc(F)cc2nc1N1CCC(F)(F)C(C)C1. The number of halogens is 3. The minimum Gasteiger partial charge on any atom is -0.355 e. The molecule has 0 bridgehead atoms. The van der Waals surface area contributed by atoms with E-state index in [2.05, 4.69) is 33.6 Å². The van der Waals surface area contributed by atoms with E-state index in [1.54, 1.807) is 24.4 Å². The van der Waals surface area contributed by atoms with Crippen molar-refractivity contribution in [1.82, 2.24) is 9.97 Å². The van der Waals surface area contributed by atoms with E-state index in [0.29, 0.717) is 38.7 Å². The molecule has 1 aromatic carbocycles. The zero-order valence-corrected chi connectivity index (χ0v) is 19.1. The average Bonchev–Trinajstić information content (AvgIpc) is 2.74. The Morgan fingerprint density at radius 3 is 2.70 bits per heavy atom. The number of anilines is 2. The Morgan fingerprint density at radius 1 is 1.24 bits per heavy atom. The molecule has 1 atom stereocenters. The van der Waals surface area contributed by atoms with Crippen LogP contribution < -0.4 is 15.4 Å². The molecule has 4 rings (SSSR count). The van der Waals surface area contributed by atoms with Crippen LogP contribution in [0.25, 0.3) is 16.6 Å². The fraction of sp³-hybridized carbons (Fsp3) is 0.250. The number of nitrogens with two attached hydrogens (primary N) is 1. The lowest BCUT2D eigenvalue weighted by molar-refractivity contribution is -0.0652. The number of nitrogens with one attached hydrogen (secondary N) is 1. The summed E-state index contributed by atoms with van der Waals surface area (Å²) >= 11 is 0. The molecular formula is C24H26F3N5S. The molecule has 1 saturated heterocycles. The van der Waals surface area contributed by atoms with Crippen LogP contribution in [-0.4, -0.2) is 40.7 Å². The number of aromatic nitrogens is 2. The van der Waals surface area contributed by atoms with E-state index in [-0.39, 0.29) is 19.5 Å². The lowest BCUT2D eigenvalue weighted by atomic mass is 9.95. The number of nitrogens with zero attached hydrogens (tertiary/aromatic N) is 3. The van der Waals surface area contributed by atoms with Crippen molar-refractivity contribution in [1.29, 1.82) is 0 Å². The Balaban J connectivity index is 1.75. The van der Waals surface area contributed by atoms with Crippen molar-refractivity contribution < 1.29 is 13.2 Å². The van der Waals surface area contributed by atoms with Crippen LogP contribution in [0.4, 0.5) is 24.7 Å². The van der Waals surface area contributed by atoms with Crippen LogP contribution in [-0.2, 0) is 0 Å². The van der Waals surface area contributed by atoms with Gasteiger partial charge in [-0.1, -0.05) is 25.2 Å². The molecule has 1 fully saturated rings. The predicted octanol–water partition coefficient (Wildman–Crippen LogP) is 5.23. The van der Waals surface area contributed by atoms with E-state index >= 15 is 0 Å². The largest absolute Gasteiger partial charge is 0.355 e. The first-order chi connectivity index (χ1) is 15.4. The second-order valence-electron chi connectivity index (χ2n) is 8.48. The fourth-order valence-electron chi connectivity index (χ4n) is 3.82.